The van der Waals surface area contributed by atoms with Crippen molar-refractivity contribution in [1.29, 1.82) is 0 Å². The fourth-order valence-corrected chi connectivity index (χ4v) is 5.86. The number of nitrogens with one attached hydrogen (secondary N) is 3. The number of fused-ring (bicyclic) bond motifs is 2. The van der Waals surface area contributed by atoms with Crippen molar-refractivity contribution >= 4 is 40.2 Å². The molecule has 51 heavy (non-hydrogen) atoms. The molecule has 1 amide bonds. The van der Waals surface area contributed by atoms with Gasteiger partial charge in [-0.15, -0.1) is 0 Å². The molecule has 0 spiro atoms. The fraction of sp³-hybridized carbons (Fsp3) is 0.375. The number of aliphatic hydroxyl groups is 1. The van der Waals surface area contributed by atoms with E-state index in [2.05, 4.69) is 32.2 Å². The number of ether oxygens (including phenoxy) is 1. The number of aromatic nitrogens is 3. The molecule has 0 radical (unpaired) electrons. The molecule has 2 aromatic heterocycles. The van der Waals surface area contributed by atoms with Crippen LogP contribution in [-0.2, 0) is 17.5 Å². The normalized spacial score (nSPS) is 16.1. The number of carboxylic acids is 1. The lowest BCUT2D eigenvalue weighted by Gasteiger charge is -2.34. The van der Waals surface area contributed by atoms with Gasteiger partial charge in [0, 0.05) is 30.9 Å². The van der Waals surface area contributed by atoms with E-state index >= 15 is 0 Å². The number of piperidine rings is 1. The standard InChI is InChI=1S/C30H30ClF3N6O4.C2HF3O2/c1-39-8-5-18(6-9-39)40-14-16-10-23-24(12-20(16)29(40)43)38-27(37-23)26-22(4-7-35-28(26)42)36-13-19(41)15-44-25-11-17(30(32,33)34)2-3-21(25)31;3-2(4,5)1(6)7/h2-4,7,10-12,18-19,41H,5-6,8-9,13-15H2,1H3,(H,37,38)(H2,35,36,42);(H,6,7)/t19-;/m1./s1. The molecule has 0 unspecified atom stereocenters. The number of aromatic amines is 2. The summed E-state index contributed by atoms with van der Waals surface area (Å²) in [6, 6.07) is 8.16. The Balaban J connectivity index is 0.000000654. The smallest absolute Gasteiger partial charge is 0.489 e. The van der Waals surface area contributed by atoms with E-state index in [1.54, 1.807) is 12.1 Å². The molecule has 6 rings (SSSR count). The van der Waals surface area contributed by atoms with Crippen LogP contribution in [0.4, 0.5) is 32.0 Å². The Bertz CT molecular complexity index is 1970. The number of hydrogen-bond donors (Lipinski definition) is 5. The van der Waals surface area contributed by atoms with Crippen molar-refractivity contribution in [1.82, 2.24) is 24.8 Å². The van der Waals surface area contributed by atoms with Gasteiger partial charge in [0.15, 0.2) is 0 Å². The summed E-state index contributed by atoms with van der Waals surface area (Å²) in [5.41, 5.74) is 1.92. The van der Waals surface area contributed by atoms with Crippen LogP contribution in [0.15, 0.2) is 47.4 Å². The molecule has 2 aliphatic rings. The largest absolute Gasteiger partial charge is 0.490 e. The number of rotatable bonds is 8. The maximum absolute atomic E-state index is 13.3. The molecule has 274 valence electrons. The Hall–Kier alpha value is -4.81. The van der Waals surface area contributed by atoms with Crippen molar-refractivity contribution in [3.05, 3.63) is 74.7 Å². The van der Waals surface area contributed by atoms with Gasteiger partial charge in [0.05, 0.1) is 27.3 Å². The van der Waals surface area contributed by atoms with Crippen molar-refractivity contribution < 1.29 is 50.9 Å². The summed E-state index contributed by atoms with van der Waals surface area (Å²) in [6.45, 7) is 1.98. The molecule has 2 aliphatic heterocycles. The number of alkyl halides is 6. The third-order valence-corrected chi connectivity index (χ3v) is 8.64. The Morgan fingerprint density at radius 2 is 1.80 bits per heavy atom. The number of halogens is 7. The zero-order valence-electron chi connectivity index (χ0n) is 26.7. The number of carboxylic acid groups (broad SMARTS) is 1. The Morgan fingerprint density at radius 3 is 2.45 bits per heavy atom. The van der Waals surface area contributed by atoms with E-state index in [0.29, 0.717) is 28.8 Å². The number of aliphatic carboxylic acids is 1. The topological polar surface area (TPSA) is 164 Å². The maximum atomic E-state index is 13.3. The Labute approximate surface area is 290 Å². The van der Waals surface area contributed by atoms with Gasteiger partial charge < -0.3 is 40.0 Å². The number of hydrogen-bond acceptors (Lipinski definition) is 8. The summed E-state index contributed by atoms with van der Waals surface area (Å²) in [5.74, 6) is -2.70. The molecular weight excluding hydrogens is 714 g/mol. The van der Waals surface area contributed by atoms with Gasteiger partial charge in [-0.3, -0.25) is 9.59 Å². The van der Waals surface area contributed by atoms with Crippen LogP contribution < -0.4 is 15.6 Å². The molecule has 4 aromatic rings. The minimum absolute atomic E-state index is 0.0106. The summed E-state index contributed by atoms with van der Waals surface area (Å²) < 4.78 is 76.2. The highest BCUT2D eigenvalue weighted by atomic mass is 35.5. The molecule has 19 heteroatoms. The van der Waals surface area contributed by atoms with Crippen LogP contribution in [0, 0.1) is 0 Å². The zero-order valence-corrected chi connectivity index (χ0v) is 27.4. The van der Waals surface area contributed by atoms with Gasteiger partial charge in [0.25, 0.3) is 11.5 Å². The molecule has 2 aromatic carbocycles. The second-order valence-electron chi connectivity index (χ2n) is 12.0. The number of carbonyl (C=O) groups excluding carboxylic acids is 1. The summed E-state index contributed by atoms with van der Waals surface area (Å²) in [6.07, 6.45) is -7.51. The van der Waals surface area contributed by atoms with Gasteiger partial charge in [-0.1, -0.05) is 11.6 Å². The predicted octanol–water partition coefficient (Wildman–Crippen LogP) is 5.13. The highest BCUT2D eigenvalue weighted by molar-refractivity contribution is 6.32. The molecule has 4 heterocycles. The third-order valence-electron chi connectivity index (χ3n) is 8.33. The Morgan fingerprint density at radius 1 is 1.12 bits per heavy atom. The number of aliphatic hydroxyl groups excluding tert-OH is 1. The number of anilines is 1. The number of imidazole rings is 1. The van der Waals surface area contributed by atoms with Crippen LogP contribution in [0.25, 0.3) is 22.4 Å². The predicted molar refractivity (Wildman–Crippen MR) is 173 cm³/mol. The fourth-order valence-electron chi connectivity index (χ4n) is 5.69. The Kier molecular flexibility index (Phi) is 10.9. The molecule has 0 saturated carbocycles. The average Bonchev–Trinajstić information content (AvgIpc) is 3.61. The summed E-state index contributed by atoms with van der Waals surface area (Å²) in [5, 5.41) is 20.6. The lowest BCUT2D eigenvalue weighted by molar-refractivity contribution is -0.192. The van der Waals surface area contributed by atoms with Gasteiger partial charge in [-0.05, 0) is 74.9 Å². The van der Waals surface area contributed by atoms with Gasteiger partial charge in [0.1, 0.15) is 29.8 Å². The van der Waals surface area contributed by atoms with Crippen LogP contribution in [0.5, 0.6) is 5.75 Å². The first kappa shape index (κ1) is 37.4. The van der Waals surface area contributed by atoms with Crippen molar-refractivity contribution in [2.45, 2.75) is 43.9 Å². The SMILES string of the molecule is CN1CCC(N2Cc3cc4[nH]c(-c5c(NC[C@@H](O)COc6cc(C(F)(F)F)ccc6Cl)cc[nH]c5=O)nc4cc3C2=O)CC1.O=C(O)C(F)(F)F. The second kappa shape index (κ2) is 14.8. The molecule has 12 nitrogen and oxygen atoms in total. The van der Waals surface area contributed by atoms with Crippen molar-refractivity contribution in [3.8, 4) is 17.1 Å². The van der Waals surface area contributed by atoms with E-state index in [1.807, 2.05) is 11.0 Å². The second-order valence-corrected chi connectivity index (χ2v) is 12.4. The minimum Gasteiger partial charge on any atom is -0.489 e. The van der Waals surface area contributed by atoms with Gasteiger partial charge >= 0.3 is 18.3 Å². The first-order valence-corrected chi connectivity index (χ1v) is 15.8. The van der Waals surface area contributed by atoms with E-state index in [4.69, 9.17) is 26.2 Å². The number of likely N-dealkylation sites (tertiary alicyclic amines) is 1. The van der Waals surface area contributed by atoms with Crippen LogP contribution >= 0.6 is 11.6 Å². The first-order chi connectivity index (χ1) is 23.9. The number of H-pyrrole nitrogens is 2. The van der Waals surface area contributed by atoms with Gasteiger partial charge in [-0.2, -0.15) is 26.3 Å². The van der Waals surface area contributed by atoms with E-state index < -0.39 is 35.5 Å². The molecule has 1 fully saturated rings. The lowest BCUT2D eigenvalue weighted by atomic mass is 10.0. The van der Waals surface area contributed by atoms with Crippen LogP contribution in [0.2, 0.25) is 5.02 Å². The molecule has 0 bridgehead atoms. The van der Waals surface area contributed by atoms with E-state index in [9.17, 15) is 41.0 Å². The van der Waals surface area contributed by atoms with Crippen LogP contribution in [0.1, 0.15) is 34.3 Å². The highest BCUT2D eigenvalue weighted by Gasteiger charge is 2.38. The monoisotopic (exact) mass is 744 g/mol. The number of nitrogens with zero attached hydrogens (tertiary/aromatic N) is 3. The lowest BCUT2D eigenvalue weighted by Crippen LogP contribution is -2.43. The quantitative estimate of drug-likeness (QED) is 0.154. The first-order valence-electron chi connectivity index (χ1n) is 15.4. The molecule has 1 atom stereocenters. The van der Waals surface area contributed by atoms with E-state index in [-0.39, 0.29) is 47.3 Å². The van der Waals surface area contributed by atoms with Crippen LogP contribution in [0.3, 0.4) is 0 Å². The third kappa shape index (κ3) is 8.74. The maximum Gasteiger partial charge on any atom is 0.490 e. The van der Waals surface area contributed by atoms with Gasteiger partial charge in [0.2, 0.25) is 0 Å². The molecule has 1 saturated heterocycles. The van der Waals surface area contributed by atoms with E-state index in [0.717, 1.165) is 49.7 Å². The average molecular weight is 745 g/mol. The number of amides is 1. The zero-order chi connectivity index (χ0) is 37.2. The van der Waals surface area contributed by atoms with Crippen LogP contribution in [-0.4, -0.2) is 98.5 Å². The molecular formula is C32H31ClF6N6O6. The number of pyridine rings is 1. The number of benzene rings is 2. The van der Waals surface area contributed by atoms with E-state index in [1.165, 1.54) is 6.20 Å². The van der Waals surface area contributed by atoms with Crippen molar-refractivity contribution in [2.24, 2.45) is 0 Å². The summed E-state index contributed by atoms with van der Waals surface area (Å²) in [4.78, 5) is 49.7. The summed E-state index contributed by atoms with van der Waals surface area (Å²) >= 11 is 5.97. The van der Waals surface area contributed by atoms with Crippen molar-refractivity contribution in [3.63, 3.8) is 0 Å². The highest BCUT2D eigenvalue weighted by Crippen LogP contribution is 2.35. The van der Waals surface area contributed by atoms with Crippen molar-refractivity contribution in [2.75, 3.05) is 38.6 Å². The summed E-state index contributed by atoms with van der Waals surface area (Å²) in [7, 11) is 2.08. The molecule has 0 aliphatic carbocycles. The molecule has 5 N–H and O–H groups in total. The number of carbonyl (C=O) groups is 2. The van der Waals surface area contributed by atoms with Gasteiger partial charge in [-0.25, -0.2) is 9.78 Å². The minimum atomic E-state index is -5.08.